The molecule has 0 radical (unpaired) electrons. The number of carbonyl (C=O) groups excluding carboxylic acids is 1. The maximum atomic E-state index is 10.7. The molecule has 0 spiro atoms. The molecule has 7 heteroatoms. The van der Waals surface area contributed by atoms with Crippen molar-refractivity contribution in [3.63, 3.8) is 0 Å². The van der Waals surface area contributed by atoms with Crippen LogP contribution in [0.5, 0.6) is 0 Å². The SMILES string of the molecule is O=C([O-])c1nc(-c2cnc3ccccc3n2)cs1.[K+]. The van der Waals surface area contributed by atoms with E-state index >= 15 is 0 Å². The fourth-order valence-corrected chi connectivity index (χ4v) is 2.21. The van der Waals surface area contributed by atoms with Crippen molar-refractivity contribution in [2.45, 2.75) is 0 Å². The average Bonchev–Trinajstić information content (AvgIpc) is 2.88. The summed E-state index contributed by atoms with van der Waals surface area (Å²) in [5.74, 6) is -1.28. The normalized spacial score (nSPS) is 10.1. The average molecular weight is 295 g/mol. The molecule has 3 aromatic rings. The Morgan fingerprint density at radius 3 is 2.53 bits per heavy atom. The van der Waals surface area contributed by atoms with Gasteiger partial charge in [0.05, 0.1) is 17.2 Å². The van der Waals surface area contributed by atoms with Crippen LogP contribution in [0.1, 0.15) is 9.80 Å². The van der Waals surface area contributed by atoms with E-state index < -0.39 is 5.97 Å². The van der Waals surface area contributed by atoms with E-state index in [-0.39, 0.29) is 56.4 Å². The summed E-state index contributed by atoms with van der Waals surface area (Å²) in [4.78, 5) is 23.2. The minimum Gasteiger partial charge on any atom is -0.542 e. The van der Waals surface area contributed by atoms with Crippen LogP contribution in [0, 0.1) is 0 Å². The first-order chi connectivity index (χ1) is 8.74. The Hall–Kier alpha value is -0.704. The van der Waals surface area contributed by atoms with E-state index in [4.69, 9.17) is 0 Å². The summed E-state index contributed by atoms with van der Waals surface area (Å²) >= 11 is 1.02. The maximum absolute atomic E-state index is 10.7. The van der Waals surface area contributed by atoms with Crippen molar-refractivity contribution in [2.75, 3.05) is 0 Å². The molecule has 0 unspecified atom stereocenters. The molecular weight excluding hydrogens is 289 g/mol. The molecule has 0 aliphatic carbocycles. The number of aromatic carboxylic acids is 1. The van der Waals surface area contributed by atoms with Crippen LogP contribution >= 0.6 is 11.3 Å². The Labute approximate surface area is 155 Å². The fourth-order valence-electron chi connectivity index (χ4n) is 1.57. The van der Waals surface area contributed by atoms with Gasteiger partial charge >= 0.3 is 51.4 Å². The van der Waals surface area contributed by atoms with Gasteiger partial charge in [0.2, 0.25) is 0 Å². The third-order valence-electron chi connectivity index (χ3n) is 2.39. The summed E-state index contributed by atoms with van der Waals surface area (Å²) in [6, 6.07) is 7.46. The van der Waals surface area contributed by atoms with Crippen molar-refractivity contribution in [3.8, 4) is 11.4 Å². The van der Waals surface area contributed by atoms with Gasteiger partial charge in [0.25, 0.3) is 0 Å². The summed E-state index contributed by atoms with van der Waals surface area (Å²) in [6.45, 7) is 0. The third-order valence-corrected chi connectivity index (χ3v) is 3.21. The smallest absolute Gasteiger partial charge is 0.542 e. The molecule has 0 atom stereocenters. The molecule has 0 fully saturated rings. The Morgan fingerprint density at radius 1 is 1.11 bits per heavy atom. The van der Waals surface area contributed by atoms with Crippen molar-refractivity contribution in [1.29, 1.82) is 0 Å². The molecule has 3 rings (SSSR count). The maximum Gasteiger partial charge on any atom is 1.00 e. The predicted molar refractivity (Wildman–Crippen MR) is 65.0 cm³/mol. The zero-order valence-corrected chi connectivity index (χ0v) is 14.0. The molecule has 88 valence electrons. The van der Waals surface area contributed by atoms with Crippen LogP contribution in [-0.2, 0) is 0 Å². The molecule has 19 heavy (non-hydrogen) atoms. The van der Waals surface area contributed by atoms with Crippen molar-refractivity contribution >= 4 is 28.3 Å². The number of nitrogens with zero attached hydrogens (tertiary/aromatic N) is 3. The van der Waals surface area contributed by atoms with E-state index in [1.807, 2.05) is 24.3 Å². The van der Waals surface area contributed by atoms with Crippen molar-refractivity contribution in [2.24, 2.45) is 0 Å². The summed E-state index contributed by atoms with van der Waals surface area (Å²) in [5.41, 5.74) is 2.59. The van der Waals surface area contributed by atoms with Gasteiger partial charge in [-0.05, 0) is 12.1 Å². The Balaban J connectivity index is 0.00000133. The molecule has 0 bridgehead atoms. The number of hydrogen-bond donors (Lipinski definition) is 0. The summed E-state index contributed by atoms with van der Waals surface area (Å²) < 4.78 is 0. The van der Waals surface area contributed by atoms with Gasteiger partial charge in [-0.1, -0.05) is 12.1 Å². The van der Waals surface area contributed by atoms with Crippen LogP contribution in [0.2, 0.25) is 0 Å². The molecule has 0 amide bonds. The van der Waals surface area contributed by atoms with E-state index in [0.717, 1.165) is 22.4 Å². The molecule has 0 saturated carbocycles. The number of carboxylic acids is 1. The minimum absolute atomic E-state index is 0. The fraction of sp³-hybridized carbons (Fsp3) is 0. The Kier molecular flexibility index (Phi) is 4.77. The molecule has 2 heterocycles. The van der Waals surface area contributed by atoms with E-state index in [0.29, 0.717) is 11.4 Å². The summed E-state index contributed by atoms with van der Waals surface area (Å²) in [7, 11) is 0. The summed E-state index contributed by atoms with van der Waals surface area (Å²) in [5, 5.41) is 12.2. The molecule has 0 aliphatic rings. The molecular formula is C12H6KN3O2S. The Morgan fingerprint density at radius 2 is 1.84 bits per heavy atom. The largest absolute Gasteiger partial charge is 1.00 e. The molecule has 0 N–H and O–H groups in total. The number of fused-ring (bicyclic) bond motifs is 1. The first-order valence-electron chi connectivity index (χ1n) is 5.13. The molecule has 0 saturated heterocycles. The number of carbonyl (C=O) groups is 1. The van der Waals surface area contributed by atoms with Crippen LogP contribution in [0.3, 0.4) is 0 Å². The van der Waals surface area contributed by atoms with Gasteiger partial charge in [0.15, 0.2) is 0 Å². The van der Waals surface area contributed by atoms with E-state index in [1.54, 1.807) is 11.6 Å². The van der Waals surface area contributed by atoms with Gasteiger partial charge < -0.3 is 9.90 Å². The minimum atomic E-state index is -1.28. The zero-order valence-electron chi connectivity index (χ0n) is 10.0. The standard InChI is InChI=1S/C12H7N3O2S.K/c16-12(17)11-15-10(6-18-11)9-5-13-7-3-1-2-4-8(7)14-9;/h1-6H,(H,16,17);/q;+1/p-1. The van der Waals surface area contributed by atoms with Gasteiger partial charge in [0.1, 0.15) is 22.4 Å². The van der Waals surface area contributed by atoms with Gasteiger partial charge in [0, 0.05) is 5.38 Å². The number of hydrogen-bond acceptors (Lipinski definition) is 6. The topological polar surface area (TPSA) is 78.8 Å². The number of para-hydroxylation sites is 2. The van der Waals surface area contributed by atoms with Crippen molar-refractivity contribution < 1.29 is 61.3 Å². The Bertz CT molecular complexity index is 744. The molecule has 5 nitrogen and oxygen atoms in total. The number of aromatic nitrogens is 3. The van der Waals surface area contributed by atoms with Gasteiger partial charge in [-0.15, -0.1) is 11.3 Å². The van der Waals surface area contributed by atoms with E-state index in [2.05, 4.69) is 15.0 Å². The number of thiazole rings is 1. The molecule has 2 aromatic heterocycles. The second-order valence-corrected chi connectivity index (χ2v) is 4.43. The van der Waals surface area contributed by atoms with Crippen LogP contribution in [0.4, 0.5) is 0 Å². The van der Waals surface area contributed by atoms with Crippen LogP contribution in [0.15, 0.2) is 35.8 Å². The van der Waals surface area contributed by atoms with Crippen molar-refractivity contribution in [1.82, 2.24) is 15.0 Å². The van der Waals surface area contributed by atoms with E-state index in [1.165, 1.54) is 0 Å². The van der Waals surface area contributed by atoms with Gasteiger partial charge in [-0.25, -0.2) is 9.97 Å². The van der Waals surface area contributed by atoms with Crippen LogP contribution < -0.4 is 56.5 Å². The van der Waals surface area contributed by atoms with Crippen LogP contribution in [-0.4, -0.2) is 20.9 Å². The third kappa shape index (κ3) is 3.07. The van der Waals surface area contributed by atoms with Gasteiger partial charge in [-0.3, -0.25) is 4.98 Å². The summed E-state index contributed by atoms with van der Waals surface area (Å²) in [6.07, 6.45) is 1.58. The predicted octanol–water partition coefficient (Wildman–Crippen LogP) is -1.88. The second-order valence-electron chi connectivity index (χ2n) is 3.57. The zero-order chi connectivity index (χ0) is 12.5. The first-order valence-corrected chi connectivity index (χ1v) is 6.01. The first kappa shape index (κ1) is 14.7. The quantitative estimate of drug-likeness (QED) is 0.517. The number of benzene rings is 1. The van der Waals surface area contributed by atoms with Crippen molar-refractivity contribution in [3.05, 3.63) is 40.8 Å². The molecule has 0 aliphatic heterocycles. The number of rotatable bonds is 2. The monoisotopic (exact) mass is 295 g/mol. The second kappa shape index (κ2) is 6.16. The van der Waals surface area contributed by atoms with Gasteiger partial charge in [-0.2, -0.15) is 0 Å². The molecule has 1 aromatic carbocycles. The number of carboxylic acid groups (broad SMARTS) is 1. The van der Waals surface area contributed by atoms with E-state index in [9.17, 15) is 9.90 Å². The van der Waals surface area contributed by atoms with Crippen LogP contribution in [0.25, 0.3) is 22.4 Å².